The highest BCUT2D eigenvalue weighted by molar-refractivity contribution is 6.15. The Labute approximate surface area is 190 Å². The SMILES string of the molecule is COc1ccc(C=C2Oc3c(ccc4c3CN(Cc3ccco3)CO4)C2=O)c(OC)c1OC. The third-order valence-corrected chi connectivity index (χ3v) is 5.66. The largest absolute Gasteiger partial charge is 0.493 e. The van der Waals surface area contributed by atoms with Crippen LogP contribution in [0.3, 0.4) is 0 Å². The summed E-state index contributed by atoms with van der Waals surface area (Å²) in [6, 6.07) is 10.9. The number of hydrogen-bond acceptors (Lipinski definition) is 8. The molecule has 0 aliphatic carbocycles. The van der Waals surface area contributed by atoms with Gasteiger partial charge in [-0.05, 0) is 42.5 Å². The summed E-state index contributed by atoms with van der Waals surface area (Å²) in [6.07, 6.45) is 3.30. The molecule has 0 spiro atoms. The van der Waals surface area contributed by atoms with Gasteiger partial charge in [0.2, 0.25) is 11.5 Å². The van der Waals surface area contributed by atoms with Crippen LogP contribution in [0, 0.1) is 0 Å². The summed E-state index contributed by atoms with van der Waals surface area (Å²) >= 11 is 0. The van der Waals surface area contributed by atoms with Crippen molar-refractivity contribution in [1.82, 2.24) is 4.90 Å². The quantitative estimate of drug-likeness (QED) is 0.516. The summed E-state index contributed by atoms with van der Waals surface area (Å²) in [4.78, 5) is 15.2. The predicted octanol–water partition coefficient (Wildman–Crippen LogP) is 4.27. The summed E-state index contributed by atoms with van der Waals surface area (Å²) in [5, 5.41) is 0. The molecule has 0 saturated heterocycles. The first-order valence-corrected chi connectivity index (χ1v) is 10.4. The minimum absolute atomic E-state index is 0.201. The van der Waals surface area contributed by atoms with E-state index in [0.717, 1.165) is 11.3 Å². The summed E-state index contributed by atoms with van der Waals surface area (Å²) in [5.41, 5.74) is 1.97. The van der Waals surface area contributed by atoms with Crippen LogP contribution in [-0.4, -0.2) is 38.7 Å². The number of carbonyl (C=O) groups excluding carboxylic acids is 1. The highest BCUT2D eigenvalue weighted by Crippen LogP contribution is 2.44. The van der Waals surface area contributed by atoms with Gasteiger partial charge in [-0.15, -0.1) is 0 Å². The number of benzene rings is 2. The lowest BCUT2D eigenvalue weighted by Gasteiger charge is -2.29. The molecule has 0 N–H and O–H groups in total. The van der Waals surface area contributed by atoms with Gasteiger partial charge in [-0.3, -0.25) is 9.69 Å². The lowest BCUT2D eigenvalue weighted by atomic mass is 10.0. The molecule has 0 fully saturated rings. The Morgan fingerprint density at radius 3 is 2.61 bits per heavy atom. The number of fused-ring (bicyclic) bond motifs is 3. The van der Waals surface area contributed by atoms with E-state index >= 15 is 0 Å². The van der Waals surface area contributed by atoms with Gasteiger partial charge >= 0.3 is 0 Å². The van der Waals surface area contributed by atoms with Crippen molar-refractivity contribution in [2.24, 2.45) is 0 Å². The molecular formula is C25H23NO7. The van der Waals surface area contributed by atoms with E-state index in [4.69, 9.17) is 28.1 Å². The lowest BCUT2D eigenvalue weighted by Crippen LogP contribution is -2.31. The Morgan fingerprint density at radius 2 is 1.88 bits per heavy atom. The second-order valence-electron chi connectivity index (χ2n) is 7.62. The second kappa shape index (κ2) is 8.55. The average molecular weight is 449 g/mol. The number of ketones is 1. The number of ether oxygens (including phenoxy) is 5. The van der Waals surface area contributed by atoms with E-state index in [9.17, 15) is 4.79 Å². The van der Waals surface area contributed by atoms with Crippen LogP contribution in [0.1, 0.15) is 27.2 Å². The zero-order valence-electron chi connectivity index (χ0n) is 18.5. The molecular weight excluding hydrogens is 426 g/mol. The average Bonchev–Trinajstić information content (AvgIpc) is 3.46. The van der Waals surface area contributed by atoms with Crippen LogP contribution in [0.2, 0.25) is 0 Å². The molecule has 170 valence electrons. The van der Waals surface area contributed by atoms with E-state index in [2.05, 4.69) is 4.90 Å². The molecule has 3 aromatic rings. The number of allylic oxidation sites excluding steroid dienone is 1. The predicted molar refractivity (Wildman–Crippen MR) is 119 cm³/mol. The Bertz CT molecular complexity index is 1230. The topological polar surface area (TPSA) is 79.6 Å². The normalized spacial score (nSPS) is 16.1. The maximum absolute atomic E-state index is 13.1. The third-order valence-electron chi connectivity index (χ3n) is 5.66. The van der Waals surface area contributed by atoms with Gasteiger partial charge in [0.1, 0.15) is 24.0 Å². The summed E-state index contributed by atoms with van der Waals surface area (Å²) in [6.45, 7) is 1.58. The molecule has 0 saturated carbocycles. The third kappa shape index (κ3) is 3.68. The molecule has 2 aromatic carbocycles. The van der Waals surface area contributed by atoms with Crippen molar-refractivity contribution in [3.63, 3.8) is 0 Å². The first kappa shape index (κ1) is 21.0. The van der Waals surface area contributed by atoms with Crippen molar-refractivity contribution >= 4 is 11.9 Å². The van der Waals surface area contributed by atoms with Crippen molar-refractivity contribution in [3.8, 4) is 28.7 Å². The van der Waals surface area contributed by atoms with Gasteiger partial charge in [0.05, 0.1) is 45.3 Å². The molecule has 5 rings (SSSR count). The molecule has 1 aromatic heterocycles. The van der Waals surface area contributed by atoms with Gasteiger partial charge in [0.15, 0.2) is 17.3 Å². The molecule has 2 aliphatic rings. The highest BCUT2D eigenvalue weighted by atomic mass is 16.5. The summed E-state index contributed by atoms with van der Waals surface area (Å²) in [5.74, 6) is 3.49. The smallest absolute Gasteiger partial charge is 0.231 e. The van der Waals surface area contributed by atoms with Crippen molar-refractivity contribution in [2.75, 3.05) is 28.1 Å². The minimum Gasteiger partial charge on any atom is -0.493 e. The molecule has 8 nitrogen and oxygen atoms in total. The molecule has 2 aliphatic heterocycles. The molecule has 0 radical (unpaired) electrons. The number of Topliss-reactive ketones (excluding diaryl/α,β-unsaturated/α-hetero) is 1. The number of rotatable bonds is 6. The van der Waals surface area contributed by atoms with Gasteiger partial charge in [0.25, 0.3) is 0 Å². The maximum atomic E-state index is 13.1. The van der Waals surface area contributed by atoms with Gasteiger partial charge in [0, 0.05) is 12.1 Å². The number of hydrogen-bond donors (Lipinski definition) is 0. The Morgan fingerprint density at radius 1 is 1.03 bits per heavy atom. The van der Waals surface area contributed by atoms with E-state index < -0.39 is 0 Å². The van der Waals surface area contributed by atoms with Gasteiger partial charge < -0.3 is 28.1 Å². The van der Waals surface area contributed by atoms with Crippen LogP contribution >= 0.6 is 0 Å². The zero-order valence-corrected chi connectivity index (χ0v) is 18.5. The number of furan rings is 1. The van der Waals surface area contributed by atoms with Crippen LogP contribution in [0.4, 0.5) is 0 Å². The Hall–Kier alpha value is -3.91. The fourth-order valence-corrected chi connectivity index (χ4v) is 4.11. The standard InChI is InChI=1S/C25H23NO7/c1-28-20-8-6-15(23(29-2)25(20)30-3)11-21-22(27)17-7-9-19-18(24(17)33-21)13-26(14-32-19)12-16-5-4-10-31-16/h4-11H,12-14H2,1-3H3. The van der Waals surface area contributed by atoms with Crippen LogP contribution in [0.5, 0.6) is 28.7 Å². The van der Waals surface area contributed by atoms with Gasteiger partial charge in [-0.1, -0.05) is 0 Å². The second-order valence-corrected chi connectivity index (χ2v) is 7.62. The van der Waals surface area contributed by atoms with Crippen molar-refractivity contribution in [1.29, 1.82) is 0 Å². The summed E-state index contributed by atoms with van der Waals surface area (Å²) in [7, 11) is 4.62. The first-order valence-electron chi connectivity index (χ1n) is 10.4. The van der Waals surface area contributed by atoms with E-state index in [1.807, 2.05) is 18.2 Å². The Kier molecular flexibility index (Phi) is 5.43. The number of nitrogens with zero attached hydrogens (tertiary/aromatic N) is 1. The van der Waals surface area contributed by atoms with Crippen molar-refractivity contribution in [2.45, 2.75) is 13.1 Å². The van der Waals surface area contributed by atoms with E-state index in [1.54, 1.807) is 37.6 Å². The van der Waals surface area contributed by atoms with Crippen LogP contribution in [0.15, 0.2) is 52.8 Å². The monoisotopic (exact) mass is 449 g/mol. The molecule has 0 unspecified atom stereocenters. The van der Waals surface area contributed by atoms with Gasteiger partial charge in [-0.25, -0.2) is 0 Å². The van der Waals surface area contributed by atoms with E-state index in [1.165, 1.54) is 14.2 Å². The van der Waals surface area contributed by atoms with Crippen LogP contribution in [0.25, 0.3) is 6.08 Å². The lowest BCUT2D eigenvalue weighted by molar-refractivity contribution is 0.0810. The highest BCUT2D eigenvalue weighted by Gasteiger charge is 2.34. The van der Waals surface area contributed by atoms with Crippen molar-refractivity contribution in [3.05, 3.63) is 70.9 Å². The van der Waals surface area contributed by atoms with E-state index in [0.29, 0.717) is 59.7 Å². The van der Waals surface area contributed by atoms with Crippen LogP contribution < -0.4 is 23.7 Å². The Balaban J connectivity index is 1.47. The molecule has 0 amide bonds. The summed E-state index contributed by atoms with van der Waals surface area (Å²) < 4.78 is 33.8. The fraction of sp³-hybridized carbons (Fsp3) is 0.240. The first-order chi connectivity index (χ1) is 16.1. The van der Waals surface area contributed by atoms with Gasteiger partial charge in [-0.2, -0.15) is 0 Å². The molecule has 0 atom stereocenters. The van der Waals surface area contributed by atoms with Crippen molar-refractivity contribution < 1.29 is 32.9 Å². The van der Waals surface area contributed by atoms with E-state index in [-0.39, 0.29) is 11.5 Å². The maximum Gasteiger partial charge on any atom is 0.231 e. The molecule has 8 heteroatoms. The fourth-order valence-electron chi connectivity index (χ4n) is 4.11. The molecule has 33 heavy (non-hydrogen) atoms. The molecule has 0 bridgehead atoms. The zero-order chi connectivity index (χ0) is 22.9. The number of carbonyl (C=O) groups is 1. The molecule has 3 heterocycles. The minimum atomic E-state index is -0.201. The number of methoxy groups -OCH3 is 3. The van der Waals surface area contributed by atoms with Crippen LogP contribution in [-0.2, 0) is 13.1 Å².